The molecule has 0 spiro atoms. The van der Waals surface area contributed by atoms with Gasteiger partial charge in [-0.25, -0.2) is 9.59 Å². The Hall–Kier alpha value is -5.36. The third-order valence-electron chi connectivity index (χ3n) is 6.01. The molecule has 1 atom stereocenters. The molecule has 3 aromatic carbocycles. The maximum atomic E-state index is 13.2. The largest absolute Gasteiger partial charge is 0.466 e. The molecule has 3 N–H and O–H groups in total. The van der Waals surface area contributed by atoms with Crippen molar-refractivity contribution < 1.29 is 23.9 Å². The van der Waals surface area contributed by atoms with Crippen LogP contribution in [0.4, 0.5) is 11.4 Å². The molecule has 1 aliphatic heterocycles. The number of amides is 1. The second kappa shape index (κ2) is 11.1. The molecule has 1 amide bonds. The lowest BCUT2D eigenvalue weighted by Gasteiger charge is -2.36. The Balaban J connectivity index is 1.89. The number of hydrogen-bond acceptors (Lipinski definition) is 8. The summed E-state index contributed by atoms with van der Waals surface area (Å²) < 4.78 is 10.1. The number of nitrogens with zero attached hydrogens (tertiary/aromatic N) is 2. The van der Waals surface area contributed by atoms with E-state index in [2.05, 4.69) is 11.4 Å². The van der Waals surface area contributed by atoms with Crippen LogP contribution in [0.1, 0.15) is 21.8 Å². The summed E-state index contributed by atoms with van der Waals surface area (Å²) in [6.07, 6.45) is 0. The van der Waals surface area contributed by atoms with E-state index < -0.39 is 17.9 Å². The number of esters is 2. The topological polar surface area (TPSA) is 135 Å². The van der Waals surface area contributed by atoms with Gasteiger partial charge in [0.2, 0.25) is 0 Å². The number of ether oxygens (including phenoxy) is 2. The SMILES string of the molecule is COC(=O)C1=C(C(=O)OC)N(c2cccc(NC(=O)c3ccccc3)c2)C(N)=C(C#N)C1c1ccccc1. The molecule has 0 saturated carbocycles. The van der Waals surface area contributed by atoms with Gasteiger partial charge in [0, 0.05) is 16.9 Å². The summed E-state index contributed by atoms with van der Waals surface area (Å²) in [5.41, 5.74) is 8.00. The number of benzene rings is 3. The lowest BCUT2D eigenvalue weighted by Crippen LogP contribution is -2.40. The number of rotatable bonds is 6. The minimum atomic E-state index is -0.972. The van der Waals surface area contributed by atoms with Gasteiger partial charge in [0.25, 0.3) is 5.91 Å². The first-order chi connectivity index (χ1) is 18.4. The number of anilines is 2. The molecule has 0 aliphatic carbocycles. The maximum absolute atomic E-state index is 13.2. The van der Waals surface area contributed by atoms with Crippen molar-refractivity contribution in [1.29, 1.82) is 5.26 Å². The molecule has 1 aliphatic rings. The Morgan fingerprint density at radius 2 is 1.53 bits per heavy atom. The van der Waals surface area contributed by atoms with Crippen LogP contribution in [0.2, 0.25) is 0 Å². The quantitative estimate of drug-likeness (QED) is 0.480. The lowest BCUT2D eigenvalue weighted by molar-refractivity contribution is -0.139. The monoisotopic (exact) mass is 508 g/mol. The average Bonchev–Trinajstić information content (AvgIpc) is 2.96. The van der Waals surface area contributed by atoms with E-state index in [1.165, 1.54) is 19.1 Å². The van der Waals surface area contributed by atoms with Crippen LogP contribution >= 0.6 is 0 Å². The number of nitriles is 1. The van der Waals surface area contributed by atoms with Crippen LogP contribution in [0.15, 0.2) is 108 Å². The van der Waals surface area contributed by atoms with E-state index in [0.29, 0.717) is 22.5 Å². The van der Waals surface area contributed by atoms with Crippen molar-refractivity contribution in [2.24, 2.45) is 5.73 Å². The molecule has 9 nitrogen and oxygen atoms in total. The Bertz CT molecular complexity index is 1490. The first kappa shape index (κ1) is 25.7. The molecular formula is C29H24N4O5. The van der Waals surface area contributed by atoms with Crippen molar-refractivity contribution in [2.45, 2.75) is 5.92 Å². The van der Waals surface area contributed by atoms with Gasteiger partial charge in [0.1, 0.15) is 11.5 Å². The lowest BCUT2D eigenvalue weighted by atomic mass is 9.81. The summed E-state index contributed by atoms with van der Waals surface area (Å²) in [6.45, 7) is 0. The number of methoxy groups -OCH3 is 2. The Morgan fingerprint density at radius 3 is 2.13 bits per heavy atom. The second-order valence-corrected chi connectivity index (χ2v) is 8.21. The fourth-order valence-electron chi connectivity index (χ4n) is 4.30. The molecule has 1 unspecified atom stereocenters. The van der Waals surface area contributed by atoms with E-state index in [9.17, 15) is 19.6 Å². The highest BCUT2D eigenvalue weighted by Crippen LogP contribution is 2.43. The first-order valence-corrected chi connectivity index (χ1v) is 11.5. The van der Waals surface area contributed by atoms with Crippen molar-refractivity contribution in [3.8, 4) is 6.07 Å². The molecule has 38 heavy (non-hydrogen) atoms. The summed E-state index contributed by atoms with van der Waals surface area (Å²) in [5, 5.41) is 13.0. The number of allylic oxidation sites excluding steroid dienone is 1. The molecule has 0 saturated heterocycles. The van der Waals surface area contributed by atoms with Crippen molar-refractivity contribution >= 4 is 29.2 Å². The highest BCUT2D eigenvalue weighted by Gasteiger charge is 2.43. The van der Waals surface area contributed by atoms with Gasteiger partial charge in [-0.15, -0.1) is 0 Å². The summed E-state index contributed by atoms with van der Waals surface area (Å²) in [5.74, 6) is -3.06. The van der Waals surface area contributed by atoms with Gasteiger partial charge in [-0.2, -0.15) is 5.26 Å². The third kappa shape index (κ3) is 4.83. The molecule has 3 aromatic rings. The van der Waals surface area contributed by atoms with Crippen molar-refractivity contribution in [1.82, 2.24) is 0 Å². The zero-order valence-corrected chi connectivity index (χ0v) is 20.7. The zero-order chi connectivity index (χ0) is 27.2. The van der Waals surface area contributed by atoms with Crippen LogP contribution in [0.25, 0.3) is 0 Å². The Kier molecular flexibility index (Phi) is 7.54. The summed E-state index contributed by atoms with van der Waals surface area (Å²) in [6, 6.07) is 26.0. The third-order valence-corrected chi connectivity index (χ3v) is 6.01. The number of nitrogens with two attached hydrogens (primary N) is 1. The van der Waals surface area contributed by atoms with Gasteiger partial charge in [-0.1, -0.05) is 54.6 Å². The number of hydrogen-bond donors (Lipinski definition) is 2. The molecule has 0 bridgehead atoms. The molecular weight excluding hydrogens is 484 g/mol. The molecule has 190 valence electrons. The van der Waals surface area contributed by atoms with Crippen LogP contribution in [0.5, 0.6) is 0 Å². The molecule has 0 fully saturated rings. The summed E-state index contributed by atoms with van der Waals surface area (Å²) in [4.78, 5) is 40.3. The summed E-state index contributed by atoms with van der Waals surface area (Å²) >= 11 is 0. The minimum Gasteiger partial charge on any atom is -0.466 e. The standard InChI is InChI=1S/C29H24N4O5/c1-37-28(35)24-23(18-10-5-3-6-11-18)22(17-30)26(31)33(25(24)29(36)38-2)21-15-9-14-20(16-21)32-27(34)19-12-7-4-8-13-19/h3-16,23H,31H2,1-2H3,(H,32,34). The van der Waals surface area contributed by atoms with Gasteiger partial charge in [0.15, 0.2) is 0 Å². The number of carbonyl (C=O) groups excluding carboxylic acids is 3. The number of nitrogens with one attached hydrogen (secondary N) is 1. The van der Waals surface area contributed by atoms with Crippen molar-refractivity contribution in [3.05, 3.63) is 119 Å². The van der Waals surface area contributed by atoms with Crippen molar-refractivity contribution in [3.63, 3.8) is 0 Å². The van der Waals surface area contributed by atoms with E-state index in [1.807, 2.05) is 0 Å². The zero-order valence-electron chi connectivity index (χ0n) is 20.7. The Labute approximate surface area is 219 Å². The van der Waals surface area contributed by atoms with Crippen LogP contribution in [0, 0.1) is 11.3 Å². The van der Waals surface area contributed by atoms with E-state index in [1.54, 1.807) is 84.9 Å². The van der Waals surface area contributed by atoms with Gasteiger partial charge in [-0.3, -0.25) is 9.69 Å². The van der Waals surface area contributed by atoms with Crippen LogP contribution in [-0.4, -0.2) is 32.1 Å². The minimum absolute atomic E-state index is 0.0444. The van der Waals surface area contributed by atoms with Gasteiger partial charge >= 0.3 is 11.9 Å². The fraction of sp³-hybridized carbons (Fsp3) is 0.103. The van der Waals surface area contributed by atoms with Crippen LogP contribution in [0.3, 0.4) is 0 Å². The average molecular weight is 509 g/mol. The second-order valence-electron chi connectivity index (χ2n) is 8.21. The van der Waals surface area contributed by atoms with E-state index in [4.69, 9.17) is 15.2 Å². The number of carbonyl (C=O) groups is 3. The van der Waals surface area contributed by atoms with Crippen molar-refractivity contribution in [2.75, 3.05) is 24.4 Å². The summed E-state index contributed by atoms with van der Waals surface area (Å²) in [7, 11) is 2.36. The molecule has 0 radical (unpaired) electrons. The Morgan fingerprint density at radius 1 is 0.895 bits per heavy atom. The smallest absolute Gasteiger partial charge is 0.355 e. The fourth-order valence-corrected chi connectivity index (χ4v) is 4.30. The van der Waals surface area contributed by atoms with E-state index in [0.717, 1.165) is 0 Å². The van der Waals surface area contributed by atoms with Crippen LogP contribution < -0.4 is 16.0 Å². The normalized spacial score (nSPS) is 15.0. The maximum Gasteiger partial charge on any atom is 0.355 e. The highest BCUT2D eigenvalue weighted by atomic mass is 16.5. The predicted octanol–water partition coefficient (Wildman–Crippen LogP) is 3.84. The predicted molar refractivity (Wildman–Crippen MR) is 140 cm³/mol. The first-order valence-electron chi connectivity index (χ1n) is 11.5. The van der Waals surface area contributed by atoms with Crippen LogP contribution in [-0.2, 0) is 19.1 Å². The van der Waals surface area contributed by atoms with Gasteiger partial charge < -0.3 is 20.5 Å². The van der Waals surface area contributed by atoms with E-state index >= 15 is 0 Å². The molecule has 9 heteroatoms. The van der Waals surface area contributed by atoms with E-state index in [-0.39, 0.29) is 28.6 Å². The molecule has 0 aromatic heterocycles. The highest BCUT2D eigenvalue weighted by molar-refractivity contribution is 6.07. The van der Waals surface area contributed by atoms with Gasteiger partial charge in [-0.05, 0) is 35.9 Å². The van der Waals surface area contributed by atoms with Gasteiger partial charge in [0.05, 0.1) is 37.4 Å². The molecule has 4 rings (SSSR count). The molecule has 1 heterocycles.